The molecular formula is C17H28F3N5O4S. The van der Waals surface area contributed by atoms with E-state index in [0.29, 0.717) is 32.0 Å². The topological polar surface area (TPSA) is 112 Å². The number of thiol groups is 1. The van der Waals surface area contributed by atoms with Crippen LogP contribution in [0, 0.1) is 0 Å². The predicted molar refractivity (Wildman–Crippen MR) is 108 cm³/mol. The molecule has 3 N–H and O–H groups in total. The number of nitrogens with two attached hydrogens (primary N) is 1. The fraction of sp³-hybridized carbons (Fsp3) is 0.706. The number of pyridine rings is 1. The van der Waals surface area contributed by atoms with E-state index >= 15 is 0 Å². The van der Waals surface area contributed by atoms with Crippen molar-refractivity contribution in [2.45, 2.75) is 38.1 Å². The van der Waals surface area contributed by atoms with E-state index in [9.17, 15) is 18.0 Å². The minimum Gasteiger partial charge on any atom is -0.377 e. The van der Waals surface area contributed by atoms with E-state index in [1.54, 1.807) is 24.9 Å². The Hall–Kier alpha value is -1.83. The molecule has 3 unspecified atom stereocenters. The molecule has 13 heteroatoms. The lowest BCUT2D eigenvalue weighted by Crippen LogP contribution is -2.63. The van der Waals surface area contributed by atoms with Gasteiger partial charge in [0.2, 0.25) is 0 Å². The summed E-state index contributed by atoms with van der Waals surface area (Å²) in [5, 5.41) is 4.06. The molecule has 9 nitrogen and oxygen atoms in total. The van der Waals surface area contributed by atoms with Crippen LogP contribution in [0.25, 0.3) is 0 Å². The number of ether oxygens (including phenoxy) is 1. The number of aromatic nitrogens is 1. The number of halogens is 3. The first kappa shape index (κ1) is 24.4. The van der Waals surface area contributed by atoms with E-state index in [4.69, 9.17) is 13.2 Å². The molecule has 2 aliphatic heterocycles. The van der Waals surface area contributed by atoms with Crippen LogP contribution in [0.2, 0.25) is 0 Å². The largest absolute Gasteiger partial charge is 0.410 e. The summed E-state index contributed by atoms with van der Waals surface area (Å²) < 4.78 is 64.2. The summed E-state index contributed by atoms with van der Waals surface area (Å²) in [7, 11) is -0.931. The van der Waals surface area contributed by atoms with Crippen LogP contribution in [0.3, 0.4) is 0 Å². The molecular weight excluding hydrogens is 427 g/mol. The van der Waals surface area contributed by atoms with E-state index in [-0.39, 0.29) is 18.4 Å². The van der Waals surface area contributed by atoms with Crippen molar-refractivity contribution >= 4 is 22.4 Å². The van der Waals surface area contributed by atoms with E-state index in [0.717, 1.165) is 0 Å². The lowest BCUT2D eigenvalue weighted by Gasteiger charge is -2.46. The number of alkyl halides is 3. The molecule has 0 amide bonds. The van der Waals surface area contributed by atoms with Gasteiger partial charge >= 0.3 is 6.18 Å². The van der Waals surface area contributed by atoms with Gasteiger partial charge in [0.25, 0.3) is 5.56 Å². The van der Waals surface area contributed by atoms with Gasteiger partial charge in [-0.05, 0) is 20.9 Å². The molecule has 0 bridgehead atoms. The highest BCUT2D eigenvalue weighted by atomic mass is 32.2. The molecule has 3 rings (SSSR count). The molecule has 2 aliphatic rings. The normalized spacial score (nSPS) is 25.8. The minimum atomic E-state index is -4.40. The Labute approximate surface area is 174 Å². The van der Waals surface area contributed by atoms with Crippen molar-refractivity contribution < 1.29 is 26.3 Å². The zero-order chi connectivity index (χ0) is 22.6. The summed E-state index contributed by atoms with van der Waals surface area (Å²) in [5.74, 6) is 0.216. The third-order valence-electron chi connectivity index (χ3n) is 5.34. The molecule has 1 aromatic rings. The van der Waals surface area contributed by atoms with E-state index in [1.165, 1.54) is 11.0 Å². The average Bonchev–Trinajstić information content (AvgIpc) is 2.62. The standard InChI is InChI=1S/C17H25F3N4O2.H3NO2S/c1-11-10-26-7-6-23(11)13-8-14(21-15(25)9-13)24-5-4-22(3)12(2)16(24)17(18,19)20;1-4(2)3/h8-9,11-12,16H,4-7,10H2,1-3H3,(H,21,25);4H,(H2,1,2,3). The predicted octanol–water partition coefficient (Wildman–Crippen LogP) is 0.143. The zero-order valence-electron chi connectivity index (χ0n) is 17.1. The Morgan fingerprint density at radius 2 is 1.80 bits per heavy atom. The molecule has 0 aliphatic carbocycles. The van der Waals surface area contributed by atoms with Crippen LogP contribution in [0.4, 0.5) is 24.7 Å². The smallest absolute Gasteiger partial charge is 0.377 e. The maximum atomic E-state index is 13.7. The number of aromatic amines is 1. The van der Waals surface area contributed by atoms with Crippen LogP contribution < -0.4 is 20.5 Å². The van der Waals surface area contributed by atoms with Crippen LogP contribution in [0.5, 0.6) is 0 Å². The molecule has 0 saturated carbocycles. The fourth-order valence-corrected chi connectivity index (χ4v) is 3.78. The third-order valence-corrected chi connectivity index (χ3v) is 5.34. The first-order chi connectivity index (χ1) is 13.9. The quantitative estimate of drug-likeness (QED) is 0.544. The second-order valence-electron chi connectivity index (χ2n) is 7.39. The number of anilines is 2. The van der Waals surface area contributed by atoms with Gasteiger partial charge in [0, 0.05) is 49.5 Å². The highest BCUT2D eigenvalue weighted by molar-refractivity contribution is 7.69. The van der Waals surface area contributed by atoms with Crippen LogP contribution >= 0.6 is 0 Å². The summed E-state index contributed by atoms with van der Waals surface area (Å²) in [6.45, 7) is 5.89. The molecule has 0 aromatic carbocycles. The molecule has 3 heterocycles. The van der Waals surface area contributed by atoms with Crippen molar-refractivity contribution in [1.82, 2.24) is 9.88 Å². The SMILES string of the molecule is CC1C(C(F)(F)F)N(c2cc(N3CCOCC3C)cc(=O)[nH]2)CCN1C.N[SH](=O)=O. The van der Waals surface area contributed by atoms with Gasteiger partial charge in [0.15, 0.2) is 10.9 Å². The van der Waals surface area contributed by atoms with Crippen LogP contribution in [-0.4, -0.2) is 82.5 Å². The van der Waals surface area contributed by atoms with Gasteiger partial charge in [-0.25, -0.2) is 13.6 Å². The Morgan fingerprint density at radius 3 is 2.37 bits per heavy atom. The Morgan fingerprint density at radius 1 is 1.17 bits per heavy atom. The van der Waals surface area contributed by atoms with Crippen LogP contribution in [0.1, 0.15) is 13.8 Å². The second kappa shape index (κ2) is 9.98. The van der Waals surface area contributed by atoms with Crippen LogP contribution in [-0.2, 0) is 15.6 Å². The Bertz CT molecular complexity index is 839. The van der Waals surface area contributed by atoms with Gasteiger partial charge in [0.05, 0.1) is 13.2 Å². The second-order valence-corrected chi connectivity index (χ2v) is 7.96. The number of hydrogen-bond donors (Lipinski definition) is 3. The number of likely N-dealkylation sites (N-methyl/N-ethyl adjacent to an activating group) is 1. The number of morpholine rings is 1. The molecule has 2 fully saturated rings. The third kappa shape index (κ3) is 6.09. The maximum absolute atomic E-state index is 13.7. The van der Waals surface area contributed by atoms with Crippen molar-refractivity contribution in [3.05, 3.63) is 22.5 Å². The molecule has 3 atom stereocenters. The number of nitrogens with zero attached hydrogens (tertiary/aromatic N) is 3. The van der Waals surface area contributed by atoms with Gasteiger partial charge in [0.1, 0.15) is 11.9 Å². The molecule has 172 valence electrons. The van der Waals surface area contributed by atoms with Gasteiger partial charge in [-0.3, -0.25) is 9.69 Å². The number of hydrogen-bond acceptors (Lipinski definition) is 7. The van der Waals surface area contributed by atoms with Crippen molar-refractivity contribution in [2.24, 2.45) is 5.14 Å². The molecule has 30 heavy (non-hydrogen) atoms. The van der Waals surface area contributed by atoms with E-state index in [2.05, 4.69) is 10.1 Å². The number of nitrogens with one attached hydrogen (secondary N) is 1. The Kier molecular flexibility index (Phi) is 8.13. The zero-order valence-corrected chi connectivity index (χ0v) is 17.9. The molecule has 0 spiro atoms. The lowest BCUT2D eigenvalue weighted by molar-refractivity contribution is -0.165. The van der Waals surface area contributed by atoms with Crippen molar-refractivity contribution in [2.75, 3.05) is 49.7 Å². The summed E-state index contributed by atoms with van der Waals surface area (Å²) in [6.07, 6.45) is -4.40. The van der Waals surface area contributed by atoms with Gasteiger partial charge in [-0.1, -0.05) is 0 Å². The first-order valence-corrected chi connectivity index (χ1v) is 10.7. The van der Waals surface area contributed by atoms with E-state index < -0.39 is 34.7 Å². The summed E-state index contributed by atoms with van der Waals surface area (Å²) in [6, 6.07) is 0.767. The van der Waals surface area contributed by atoms with Gasteiger partial charge in [-0.2, -0.15) is 13.2 Å². The average molecular weight is 456 g/mol. The molecule has 2 saturated heterocycles. The summed E-state index contributed by atoms with van der Waals surface area (Å²) in [5.41, 5.74) is 0.232. The number of piperazine rings is 1. The first-order valence-electron chi connectivity index (χ1n) is 9.43. The summed E-state index contributed by atoms with van der Waals surface area (Å²) in [4.78, 5) is 19.8. The van der Waals surface area contributed by atoms with Crippen molar-refractivity contribution in [1.29, 1.82) is 0 Å². The Balaban J connectivity index is 0.000000735. The monoisotopic (exact) mass is 455 g/mol. The van der Waals surface area contributed by atoms with Crippen molar-refractivity contribution in [3.8, 4) is 0 Å². The lowest BCUT2D eigenvalue weighted by atomic mass is 10.0. The minimum absolute atomic E-state index is 0.0585. The number of rotatable bonds is 2. The molecule has 0 radical (unpaired) electrons. The molecule has 1 aromatic heterocycles. The van der Waals surface area contributed by atoms with Gasteiger partial charge in [-0.15, -0.1) is 0 Å². The van der Waals surface area contributed by atoms with E-state index in [1.807, 2.05) is 11.8 Å². The number of H-pyrrole nitrogens is 1. The van der Waals surface area contributed by atoms with Crippen molar-refractivity contribution in [3.63, 3.8) is 0 Å². The highest BCUT2D eigenvalue weighted by Gasteiger charge is 2.50. The fourth-order valence-electron chi connectivity index (χ4n) is 3.78. The van der Waals surface area contributed by atoms with Crippen LogP contribution in [0.15, 0.2) is 16.9 Å². The maximum Gasteiger partial charge on any atom is 0.410 e. The summed E-state index contributed by atoms with van der Waals surface area (Å²) >= 11 is 0. The highest BCUT2D eigenvalue weighted by Crippen LogP contribution is 2.34. The van der Waals surface area contributed by atoms with Gasteiger partial charge < -0.3 is 19.5 Å².